The maximum absolute atomic E-state index is 5.63. The summed E-state index contributed by atoms with van der Waals surface area (Å²) in [6.45, 7) is 2.97. The number of allylic oxidation sites excluding steroid dienone is 2. The molecule has 3 heteroatoms. The summed E-state index contributed by atoms with van der Waals surface area (Å²) in [5.41, 5.74) is 7.38. The second-order valence-corrected chi connectivity index (χ2v) is 7.89. The minimum atomic E-state index is 0.832. The van der Waals surface area contributed by atoms with Gasteiger partial charge in [-0.2, -0.15) is 0 Å². The number of nitrogens with zero attached hydrogens (tertiary/aromatic N) is 2. The zero-order chi connectivity index (χ0) is 19.8. The fourth-order valence-electron chi connectivity index (χ4n) is 4.60. The van der Waals surface area contributed by atoms with Crippen molar-refractivity contribution in [2.75, 3.05) is 7.11 Å². The van der Waals surface area contributed by atoms with E-state index in [1.165, 1.54) is 47.0 Å². The number of ether oxygens (including phenoxy) is 1. The van der Waals surface area contributed by atoms with Gasteiger partial charge in [-0.1, -0.05) is 48.5 Å². The van der Waals surface area contributed by atoms with E-state index < -0.39 is 0 Å². The molecule has 3 nitrogen and oxygen atoms in total. The summed E-state index contributed by atoms with van der Waals surface area (Å²) >= 11 is 0. The molecule has 4 aromatic rings. The van der Waals surface area contributed by atoms with Crippen molar-refractivity contribution in [3.05, 3.63) is 77.6 Å². The third-order valence-electron chi connectivity index (χ3n) is 6.04. The number of rotatable bonds is 4. The van der Waals surface area contributed by atoms with E-state index in [9.17, 15) is 0 Å². The molecule has 0 unspecified atom stereocenters. The maximum Gasteiger partial charge on any atom is 0.145 e. The molecular formula is C26H26N2O. The summed E-state index contributed by atoms with van der Waals surface area (Å²) in [5.74, 6) is 0.832. The minimum absolute atomic E-state index is 0.832. The number of hydrogen-bond acceptors (Lipinski definition) is 2. The molecule has 1 aliphatic carbocycles. The predicted molar refractivity (Wildman–Crippen MR) is 121 cm³/mol. The molecule has 146 valence electrons. The highest BCUT2D eigenvalue weighted by molar-refractivity contribution is 6.08. The van der Waals surface area contributed by atoms with Crippen LogP contribution in [0.5, 0.6) is 5.75 Å². The van der Waals surface area contributed by atoms with Gasteiger partial charge >= 0.3 is 0 Å². The van der Waals surface area contributed by atoms with Gasteiger partial charge in [0.15, 0.2) is 0 Å². The van der Waals surface area contributed by atoms with Gasteiger partial charge in [-0.15, -0.1) is 0 Å². The fourth-order valence-corrected chi connectivity index (χ4v) is 4.60. The summed E-state index contributed by atoms with van der Waals surface area (Å²) in [7, 11) is 1.72. The van der Waals surface area contributed by atoms with Gasteiger partial charge in [-0.3, -0.25) is 0 Å². The van der Waals surface area contributed by atoms with Gasteiger partial charge < -0.3 is 9.30 Å². The van der Waals surface area contributed by atoms with Crippen LogP contribution in [0.25, 0.3) is 27.4 Å². The molecule has 0 amide bonds. The van der Waals surface area contributed by atoms with Crippen molar-refractivity contribution < 1.29 is 4.74 Å². The normalized spacial score (nSPS) is 14.3. The van der Waals surface area contributed by atoms with Gasteiger partial charge in [-0.25, -0.2) is 4.98 Å². The Kier molecular flexibility index (Phi) is 4.59. The molecule has 0 fully saturated rings. The lowest BCUT2D eigenvalue weighted by Crippen LogP contribution is -2.06. The third-order valence-corrected chi connectivity index (χ3v) is 6.04. The number of aromatic nitrogens is 2. The topological polar surface area (TPSA) is 27.1 Å². The van der Waals surface area contributed by atoms with E-state index in [0.717, 1.165) is 35.3 Å². The number of benzene rings is 2. The van der Waals surface area contributed by atoms with E-state index in [-0.39, 0.29) is 0 Å². The SMILES string of the molecule is COc1cccc2c1nc(C)c1cc(C3=CCCCC3)n(Cc3ccccc3)c12. The highest BCUT2D eigenvalue weighted by atomic mass is 16.5. The lowest BCUT2D eigenvalue weighted by molar-refractivity contribution is 0.419. The van der Waals surface area contributed by atoms with Gasteiger partial charge in [0.05, 0.1) is 12.6 Å². The Morgan fingerprint density at radius 1 is 1.00 bits per heavy atom. The second kappa shape index (κ2) is 7.40. The Bertz CT molecular complexity index is 1220. The Hall–Kier alpha value is -3.07. The molecule has 0 atom stereocenters. The highest BCUT2D eigenvalue weighted by Gasteiger charge is 2.19. The molecule has 29 heavy (non-hydrogen) atoms. The van der Waals surface area contributed by atoms with E-state index in [0.29, 0.717) is 0 Å². The summed E-state index contributed by atoms with van der Waals surface area (Å²) in [6, 6.07) is 19.3. The minimum Gasteiger partial charge on any atom is -0.494 e. The van der Waals surface area contributed by atoms with Crippen molar-refractivity contribution in [1.29, 1.82) is 0 Å². The summed E-state index contributed by atoms with van der Waals surface area (Å²) in [5, 5.41) is 2.40. The smallest absolute Gasteiger partial charge is 0.145 e. The largest absolute Gasteiger partial charge is 0.494 e. The predicted octanol–water partition coefficient (Wildman–Crippen LogP) is 6.51. The number of fused-ring (bicyclic) bond motifs is 3. The van der Waals surface area contributed by atoms with Crippen LogP contribution in [0.3, 0.4) is 0 Å². The van der Waals surface area contributed by atoms with Crippen LogP contribution in [0.1, 0.15) is 42.6 Å². The monoisotopic (exact) mass is 382 g/mol. The average Bonchev–Trinajstić information content (AvgIpc) is 3.15. The van der Waals surface area contributed by atoms with E-state index in [4.69, 9.17) is 9.72 Å². The molecule has 2 heterocycles. The van der Waals surface area contributed by atoms with E-state index in [2.05, 4.69) is 66.1 Å². The summed E-state index contributed by atoms with van der Waals surface area (Å²) < 4.78 is 8.13. The first-order valence-corrected chi connectivity index (χ1v) is 10.5. The highest BCUT2D eigenvalue weighted by Crippen LogP contribution is 2.37. The number of hydrogen-bond donors (Lipinski definition) is 0. The molecule has 0 bridgehead atoms. The van der Waals surface area contributed by atoms with Gasteiger partial charge in [0.25, 0.3) is 0 Å². The molecule has 2 aromatic carbocycles. The van der Waals surface area contributed by atoms with Gasteiger partial charge in [-0.05, 0) is 55.9 Å². The van der Waals surface area contributed by atoms with Crippen LogP contribution in [0.15, 0.2) is 60.7 Å². The van der Waals surface area contributed by atoms with E-state index in [1.54, 1.807) is 7.11 Å². The van der Waals surface area contributed by atoms with Crippen molar-refractivity contribution in [2.24, 2.45) is 0 Å². The zero-order valence-corrected chi connectivity index (χ0v) is 17.1. The molecule has 0 saturated carbocycles. The maximum atomic E-state index is 5.63. The lowest BCUT2D eigenvalue weighted by atomic mass is 9.97. The van der Waals surface area contributed by atoms with Crippen LogP contribution in [0.2, 0.25) is 0 Å². The number of pyridine rings is 1. The van der Waals surface area contributed by atoms with Crippen LogP contribution in [0.4, 0.5) is 0 Å². The molecule has 1 aliphatic rings. The molecular weight excluding hydrogens is 356 g/mol. The number of para-hydroxylation sites is 1. The summed E-state index contributed by atoms with van der Waals surface area (Å²) in [6.07, 6.45) is 7.32. The molecule has 0 radical (unpaired) electrons. The fraction of sp³-hybridized carbons (Fsp3) is 0.269. The third kappa shape index (κ3) is 3.11. The molecule has 0 aliphatic heterocycles. The standard InChI is InChI=1S/C26H26N2O/c1-18-22-16-23(20-12-7-4-8-13-20)28(17-19-10-5-3-6-11-19)26(22)21-14-9-15-24(29-2)25(21)27-18/h3,5-6,9-12,14-16H,4,7-8,13,17H2,1-2H3. The average molecular weight is 383 g/mol. The summed E-state index contributed by atoms with van der Waals surface area (Å²) in [4.78, 5) is 4.92. The Morgan fingerprint density at radius 2 is 1.86 bits per heavy atom. The van der Waals surface area contributed by atoms with Crippen LogP contribution >= 0.6 is 0 Å². The van der Waals surface area contributed by atoms with Crippen molar-refractivity contribution in [3.8, 4) is 5.75 Å². The number of methoxy groups -OCH3 is 1. The van der Waals surface area contributed by atoms with Crippen molar-refractivity contribution in [1.82, 2.24) is 9.55 Å². The first-order valence-electron chi connectivity index (χ1n) is 10.5. The first-order chi connectivity index (χ1) is 14.3. The Balaban J connectivity index is 1.84. The molecule has 5 rings (SSSR count). The van der Waals surface area contributed by atoms with E-state index >= 15 is 0 Å². The number of aryl methyl sites for hydroxylation is 1. The van der Waals surface area contributed by atoms with Crippen LogP contribution in [-0.2, 0) is 6.54 Å². The van der Waals surface area contributed by atoms with Gasteiger partial charge in [0.1, 0.15) is 11.3 Å². The van der Waals surface area contributed by atoms with Crippen molar-refractivity contribution in [2.45, 2.75) is 39.2 Å². The first kappa shape index (κ1) is 18.0. The van der Waals surface area contributed by atoms with Gasteiger partial charge in [0, 0.05) is 28.7 Å². The molecule has 0 N–H and O–H groups in total. The van der Waals surface area contributed by atoms with E-state index in [1.807, 2.05) is 6.07 Å². The van der Waals surface area contributed by atoms with Crippen LogP contribution in [0, 0.1) is 6.92 Å². The zero-order valence-electron chi connectivity index (χ0n) is 17.1. The molecule has 0 spiro atoms. The van der Waals surface area contributed by atoms with Crippen LogP contribution in [-0.4, -0.2) is 16.7 Å². The van der Waals surface area contributed by atoms with Crippen LogP contribution < -0.4 is 4.74 Å². The van der Waals surface area contributed by atoms with Crippen molar-refractivity contribution >= 4 is 27.4 Å². The lowest BCUT2D eigenvalue weighted by Gasteiger charge is -2.17. The Labute approximate surface area is 171 Å². The Morgan fingerprint density at radius 3 is 2.62 bits per heavy atom. The van der Waals surface area contributed by atoms with Gasteiger partial charge in [0.2, 0.25) is 0 Å². The molecule has 2 aromatic heterocycles. The van der Waals surface area contributed by atoms with Crippen molar-refractivity contribution in [3.63, 3.8) is 0 Å². The second-order valence-electron chi connectivity index (χ2n) is 7.89. The quantitative estimate of drug-likeness (QED) is 0.402. The molecule has 0 saturated heterocycles.